The number of carbonyl (C=O) groups is 5. The molecule has 1 aliphatic heterocycles. The molecule has 4 atom stereocenters. The number of hydrogen-bond acceptors (Lipinski definition) is 6. The van der Waals surface area contributed by atoms with Crippen molar-refractivity contribution in [3.05, 3.63) is 109 Å². The highest BCUT2D eigenvalue weighted by Crippen LogP contribution is 2.77. The summed E-state index contributed by atoms with van der Waals surface area (Å²) in [6.45, 7) is -0.840. The van der Waals surface area contributed by atoms with Crippen LogP contribution in [0.15, 0.2) is 76.8 Å². The van der Waals surface area contributed by atoms with Crippen LogP contribution in [0.4, 0.5) is 0 Å². The maximum Gasteiger partial charge on any atom is 0.345 e. The topological polar surface area (TPSA) is 101 Å². The number of hydrazine groups is 1. The fourth-order valence-electron chi connectivity index (χ4n) is 5.98. The normalized spacial score (nSPS) is 25.4. The highest BCUT2D eigenvalue weighted by Gasteiger charge is 2.88. The first-order valence-corrected chi connectivity index (χ1v) is 16.9. The third-order valence-electron chi connectivity index (χ3n) is 8.30. The summed E-state index contributed by atoms with van der Waals surface area (Å²) in [6, 6.07) is 15.3. The van der Waals surface area contributed by atoms with E-state index in [1.165, 1.54) is 60.7 Å². The second kappa shape index (κ2) is 12.5. The van der Waals surface area contributed by atoms with Crippen molar-refractivity contribution in [2.24, 2.45) is 11.8 Å². The summed E-state index contributed by atoms with van der Waals surface area (Å²) in [7, 11) is 0. The van der Waals surface area contributed by atoms with Crippen LogP contribution in [0, 0.1) is 11.8 Å². The van der Waals surface area contributed by atoms with Crippen molar-refractivity contribution < 1.29 is 28.7 Å². The lowest BCUT2D eigenvalue weighted by Gasteiger charge is -2.36. The van der Waals surface area contributed by atoms with E-state index in [4.69, 9.17) is 109 Å². The van der Waals surface area contributed by atoms with Gasteiger partial charge in [-0.1, -0.05) is 93.3 Å². The molecule has 2 bridgehead atoms. The summed E-state index contributed by atoms with van der Waals surface area (Å²) in [6.07, 6.45) is 0. The number of amides is 3. The van der Waals surface area contributed by atoms with Crippen LogP contribution in [0.25, 0.3) is 0 Å². The van der Waals surface area contributed by atoms with Crippen LogP contribution in [0.2, 0.25) is 15.1 Å². The summed E-state index contributed by atoms with van der Waals surface area (Å²) in [5.74, 6) is -7.64. The molecule has 17 heteroatoms. The fourth-order valence-corrected chi connectivity index (χ4v) is 9.61. The summed E-state index contributed by atoms with van der Waals surface area (Å²) in [4.78, 5) is 64.1. The zero-order chi connectivity index (χ0) is 35.1. The zero-order valence-electron chi connectivity index (χ0n) is 23.5. The van der Waals surface area contributed by atoms with Gasteiger partial charge in [-0.05, 0) is 54.6 Å². The molecule has 48 heavy (non-hydrogen) atoms. The third kappa shape index (κ3) is 5.06. The lowest BCUT2D eigenvalue weighted by Crippen LogP contribution is -2.56. The number of Topliss-reactive ketones (excluding diaryl/α,β-unsaturated/α-hetero) is 1. The van der Waals surface area contributed by atoms with Gasteiger partial charge in [0.1, 0.15) is 22.0 Å². The molecule has 1 heterocycles. The van der Waals surface area contributed by atoms with Crippen LogP contribution in [-0.4, -0.2) is 60.1 Å². The number of halogens is 9. The predicted molar refractivity (Wildman–Crippen MR) is 184 cm³/mol. The number of rotatable bonds is 7. The van der Waals surface area contributed by atoms with Gasteiger partial charge in [0.15, 0.2) is 10.1 Å². The Kier molecular flexibility index (Phi) is 9.28. The van der Waals surface area contributed by atoms with E-state index < -0.39 is 61.9 Å². The molecule has 6 rings (SSSR count). The molecule has 0 N–H and O–H groups in total. The van der Waals surface area contributed by atoms with E-state index in [0.29, 0.717) is 15.0 Å². The molecule has 3 aromatic rings. The molecule has 248 valence electrons. The molecule has 1 saturated carbocycles. The Morgan fingerprint density at radius 3 is 1.83 bits per heavy atom. The number of carbonyl (C=O) groups excluding carboxylic acids is 5. The van der Waals surface area contributed by atoms with E-state index in [-0.39, 0.29) is 42.5 Å². The van der Waals surface area contributed by atoms with E-state index >= 15 is 0 Å². The maximum absolute atomic E-state index is 14.1. The molecule has 0 unspecified atom stereocenters. The summed E-state index contributed by atoms with van der Waals surface area (Å²) in [5, 5.41) is 0.838. The summed E-state index contributed by atoms with van der Waals surface area (Å²) >= 11 is 57.9. The van der Waals surface area contributed by atoms with Gasteiger partial charge >= 0.3 is 5.97 Å². The smallest absolute Gasteiger partial charge is 0.345 e. The Morgan fingerprint density at radius 1 is 0.729 bits per heavy atom. The zero-order valence-corrected chi connectivity index (χ0v) is 30.3. The molecule has 0 spiro atoms. The van der Waals surface area contributed by atoms with Crippen LogP contribution in [0.5, 0.6) is 5.75 Å². The number of nitrogens with zero attached hydrogens (tertiary/aromatic N) is 2. The standard InChI is InChI=1S/C31H15Cl9N2O6/c32-14-7-10-17(19(34)11-14)28(47)48-15-8-5-13(6-9-15)20(43)12-41(25(44)16-3-1-2-4-18(16)33)42-26(45)21-22(27(42)46)30(38)24(36)23(35)29(21,37)31(30,39)40/h1-11,21-22H,12H2/t21-,22-,29+,30+/m0/s1. The molecule has 0 radical (unpaired) electrons. The number of ether oxygens (including phenoxy) is 1. The largest absolute Gasteiger partial charge is 0.423 e. The second-order valence-corrected chi connectivity index (χ2v) is 15.4. The van der Waals surface area contributed by atoms with E-state index in [2.05, 4.69) is 0 Å². The number of imide groups is 1. The Morgan fingerprint density at radius 2 is 1.29 bits per heavy atom. The fraction of sp³-hybridized carbons (Fsp3) is 0.194. The Balaban J connectivity index is 1.31. The summed E-state index contributed by atoms with van der Waals surface area (Å²) in [5.41, 5.74) is -0.0504. The molecular formula is C31H15Cl9N2O6. The van der Waals surface area contributed by atoms with Gasteiger partial charge in [0.25, 0.3) is 17.7 Å². The van der Waals surface area contributed by atoms with E-state index in [9.17, 15) is 24.0 Å². The van der Waals surface area contributed by atoms with Gasteiger partial charge in [-0.2, -0.15) is 5.01 Å². The Bertz CT molecular complexity index is 1940. The van der Waals surface area contributed by atoms with E-state index in [1.54, 1.807) is 6.07 Å². The van der Waals surface area contributed by atoms with Gasteiger partial charge in [-0.15, -0.1) is 23.2 Å². The molecule has 3 amide bonds. The van der Waals surface area contributed by atoms with Gasteiger partial charge in [0.2, 0.25) is 0 Å². The minimum atomic E-state index is -2.21. The SMILES string of the molecule is O=C(CN(C(=O)c1ccccc1Cl)N1C(=O)[C@@H]2[C@@H](C1=O)[C@@]1(Cl)C(Cl)=C(Cl)[C@@]2(Cl)C1(Cl)Cl)c1ccc(OC(=O)c2ccc(Cl)cc2Cl)cc1. The van der Waals surface area contributed by atoms with Crippen LogP contribution in [0.3, 0.4) is 0 Å². The van der Waals surface area contributed by atoms with Crippen molar-refractivity contribution in [3.8, 4) is 5.75 Å². The molecule has 2 aliphatic carbocycles. The minimum Gasteiger partial charge on any atom is -0.423 e. The van der Waals surface area contributed by atoms with Crippen molar-refractivity contribution in [1.82, 2.24) is 10.0 Å². The summed E-state index contributed by atoms with van der Waals surface area (Å²) < 4.78 is 3.14. The molecule has 3 aromatic carbocycles. The van der Waals surface area contributed by atoms with Gasteiger partial charge in [-0.25, -0.2) is 9.80 Å². The van der Waals surface area contributed by atoms with Crippen molar-refractivity contribution in [2.45, 2.75) is 14.1 Å². The monoisotopic (exact) mass is 826 g/mol. The lowest BCUT2D eigenvalue weighted by atomic mass is 9.84. The Hall–Kier alpha value is -2.24. The number of esters is 1. The van der Waals surface area contributed by atoms with Crippen LogP contribution in [0.1, 0.15) is 31.1 Å². The molecule has 1 saturated heterocycles. The first-order chi connectivity index (χ1) is 22.5. The van der Waals surface area contributed by atoms with Crippen molar-refractivity contribution >= 4 is 134 Å². The van der Waals surface area contributed by atoms with Gasteiger partial charge in [0.05, 0.1) is 43.1 Å². The first-order valence-electron chi connectivity index (χ1n) is 13.5. The maximum atomic E-state index is 14.1. The Labute approximate surface area is 317 Å². The third-order valence-corrected chi connectivity index (χ3v) is 13.4. The number of ketones is 1. The van der Waals surface area contributed by atoms with Gasteiger partial charge < -0.3 is 4.74 Å². The van der Waals surface area contributed by atoms with Crippen LogP contribution < -0.4 is 4.74 Å². The molecule has 0 aromatic heterocycles. The van der Waals surface area contributed by atoms with Gasteiger partial charge in [0, 0.05) is 10.6 Å². The van der Waals surface area contributed by atoms with Crippen molar-refractivity contribution in [1.29, 1.82) is 0 Å². The average molecular weight is 831 g/mol. The first kappa shape index (κ1) is 35.6. The molecule has 2 fully saturated rings. The second-order valence-electron chi connectivity index (χ2n) is 10.9. The van der Waals surface area contributed by atoms with E-state index in [1.807, 2.05) is 0 Å². The molecule has 3 aliphatic rings. The van der Waals surface area contributed by atoms with Crippen molar-refractivity contribution in [3.63, 3.8) is 0 Å². The average Bonchev–Trinajstić information content (AvgIpc) is 3.42. The minimum absolute atomic E-state index is 0.0200. The number of benzene rings is 3. The van der Waals surface area contributed by atoms with Gasteiger partial charge in [-0.3, -0.25) is 19.2 Å². The quantitative estimate of drug-likeness (QED) is 0.0779. The highest BCUT2D eigenvalue weighted by molar-refractivity contribution is 6.67. The molecule has 8 nitrogen and oxygen atoms in total. The number of fused-ring (bicyclic) bond motifs is 5. The van der Waals surface area contributed by atoms with Crippen LogP contribution in [-0.2, 0) is 9.59 Å². The van der Waals surface area contributed by atoms with Crippen molar-refractivity contribution in [2.75, 3.05) is 6.54 Å². The number of hydrogen-bond donors (Lipinski definition) is 0. The van der Waals surface area contributed by atoms with Crippen LogP contribution >= 0.6 is 104 Å². The number of alkyl halides is 4. The predicted octanol–water partition coefficient (Wildman–Crippen LogP) is 8.55. The lowest BCUT2D eigenvalue weighted by molar-refractivity contribution is -0.154. The highest BCUT2D eigenvalue weighted by atomic mass is 35.5. The molecular weight excluding hydrogens is 815 g/mol. The number of allylic oxidation sites excluding steroid dienone is 2. The van der Waals surface area contributed by atoms with E-state index in [0.717, 1.165) is 0 Å².